The Bertz CT molecular complexity index is 861. The molecule has 2 aromatic rings. The van der Waals surface area contributed by atoms with E-state index in [9.17, 15) is 13.5 Å². The number of rotatable bonds is 6. The Morgan fingerprint density at radius 1 is 1.25 bits per heavy atom. The minimum absolute atomic E-state index is 0.0321. The minimum Gasteiger partial charge on any atom is -0.507 e. The van der Waals surface area contributed by atoms with E-state index in [1.54, 1.807) is 31.2 Å². The molecule has 24 heavy (non-hydrogen) atoms. The molecule has 3 N–H and O–H groups in total. The first-order valence-corrected chi connectivity index (χ1v) is 8.99. The fourth-order valence-corrected chi connectivity index (χ4v) is 2.86. The molecule has 0 atom stereocenters. The average Bonchev–Trinajstić information content (AvgIpc) is 2.52. The Labute approximate surface area is 141 Å². The quantitative estimate of drug-likeness (QED) is 0.784. The van der Waals surface area contributed by atoms with Crippen LogP contribution < -0.4 is 9.88 Å². The summed E-state index contributed by atoms with van der Waals surface area (Å²) in [5.41, 5.74) is 1.48. The lowest BCUT2D eigenvalue weighted by Gasteiger charge is -2.06. The van der Waals surface area contributed by atoms with Crippen LogP contribution in [-0.4, -0.2) is 26.3 Å². The van der Waals surface area contributed by atoms with Crippen LogP contribution in [-0.2, 0) is 10.0 Å². The van der Waals surface area contributed by atoms with Crippen molar-refractivity contribution in [1.29, 1.82) is 0 Å². The van der Waals surface area contributed by atoms with Crippen LogP contribution in [0.4, 0.5) is 5.69 Å². The van der Waals surface area contributed by atoms with Crippen LogP contribution >= 0.6 is 0 Å². The normalized spacial score (nSPS) is 11.8. The zero-order valence-corrected chi connectivity index (χ0v) is 14.4. The fraction of sp³-hybridized carbons (Fsp3) is 0.235. The zero-order valence-electron chi connectivity index (χ0n) is 13.6. The molecule has 0 bridgehead atoms. The summed E-state index contributed by atoms with van der Waals surface area (Å²) in [5.74, 6) is 0.615. The smallest absolute Gasteiger partial charge is 0.238 e. The number of phenolic OH excluding ortho intramolecular Hbond substituents is 1. The van der Waals surface area contributed by atoms with E-state index in [2.05, 4.69) is 4.99 Å². The summed E-state index contributed by atoms with van der Waals surface area (Å²) >= 11 is 0. The second-order valence-corrected chi connectivity index (χ2v) is 6.85. The summed E-state index contributed by atoms with van der Waals surface area (Å²) < 4.78 is 28.5. The molecule has 128 valence electrons. The van der Waals surface area contributed by atoms with Crippen LogP contribution in [0, 0.1) is 6.92 Å². The van der Waals surface area contributed by atoms with Gasteiger partial charge in [-0.25, -0.2) is 13.6 Å². The highest BCUT2D eigenvalue weighted by atomic mass is 32.2. The van der Waals surface area contributed by atoms with Crippen molar-refractivity contribution in [2.24, 2.45) is 10.1 Å². The Morgan fingerprint density at radius 3 is 2.62 bits per heavy atom. The van der Waals surface area contributed by atoms with Gasteiger partial charge in [-0.05, 0) is 43.2 Å². The molecular weight excluding hydrogens is 328 g/mol. The molecule has 7 heteroatoms. The predicted molar refractivity (Wildman–Crippen MR) is 93.7 cm³/mol. The molecule has 0 aromatic heterocycles. The van der Waals surface area contributed by atoms with Crippen LogP contribution in [0.1, 0.15) is 24.5 Å². The lowest BCUT2D eigenvalue weighted by molar-refractivity contribution is 0.315. The van der Waals surface area contributed by atoms with Gasteiger partial charge in [0.15, 0.2) is 0 Å². The molecular formula is C17H20N2O4S. The van der Waals surface area contributed by atoms with E-state index in [1.165, 1.54) is 18.3 Å². The molecule has 0 radical (unpaired) electrons. The van der Waals surface area contributed by atoms with Crippen LogP contribution in [0.15, 0.2) is 46.3 Å². The maximum absolute atomic E-state index is 11.5. The highest BCUT2D eigenvalue weighted by Gasteiger charge is 2.11. The van der Waals surface area contributed by atoms with Gasteiger partial charge in [0.05, 0.1) is 17.2 Å². The van der Waals surface area contributed by atoms with E-state index < -0.39 is 10.0 Å². The maximum atomic E-state index is 11.5. The number of hydrogen-bond acceptors (Lipinski definition) is 5. The number of nitrogens with two attached hydrogens (primary N) is 1. The van der Waals surface area contributed by atoms with Crippen LogP contribution in [0.5, 0.6) is 11.5 Å². The number of benzene rings is 2. The van der Waals surface area contributed by atoms with Crippen molar-refractivity contribution in [2.45, 2.75) is 25.2 Å². The van der Waals surface area contributed by atoms with Crippen molar-refractivity contribution in [3.63, 3.8) is 0 Å². The number of hydrogen-bond donors (Lipinski definition) is 2. The van der Waals surface area contributed by atoms with Gasteiger partial charge in [0, 0.05) is 17.8 Å². The number of aromatic hydroxyl groups is 1. The molecule has 0 spiro atoms. The van der Waals surface area contributed by atoms with Gasteiger partial charge in [0.1, 0.15) is 11.5 Å². The van der Waals surface area contributed by atoms with Crippen molar-refractivity contribution >= 4 is 21.9 Å². The number of ether oxygens (including phenoxy) is 1. The van der Waals surface area contributed by atoms with E-state index >= 15 is 0 Å². The lowest BCUT2D eigenvalue weighted by Crippen LogP contribution is -2.13. The number of primary sulfonamides is 1. The van der Waals surface area contributed by atoms with Gasteiger partial charge in [-0.1, -0.05) is 13.0 Å². The van der Waals surface area contributed by atoms with Crippen LogP contribution in [0.25, 0.3) is 0 Å². The highest BCUT2D eigenvalue weighted by molar-refractivity contribution is 7.89. The largest absolute Gasteiger partial charge is 0.507 e. The second-order valence-electron chi connectivity index (χ2n) is 5.32. The SMILES string of the molecule is CCCOc1ccc(C=Nc2ccc(C)c(S(N)(=O)=O)c2)c(O)c1. The maximum Gasteiger partial charge on any atom is 0.238 e. The minimum atomic E-state index is -3.80. The Kier molecular flexibility index (Phi) is 5.58. The molecule has 2 rings (SSSR count). The third kappa shape index (κ3) is 4.56. The number of aliphatic imine (C=N–C) groups is 1. The van der Waals surface area contributed by atoms with Crippen molar-refractivity contribution in [1.82, 2.24) is 0 Å². The van der Waals surface area contributed by atoms with Gasteiger partial charge in [-0.15, -0.1) is 0 Å². The number of sulfonamides is 1. The van der Waals surface area contributed by atoms with E-state index in [4.69, 9.17) is 9.88 Å². The van der Waals surface area contributed by atoms with Gasteiger partial charge in [0.25, 0.3) is 0 Å². The van der Waals surface area contributed by atoms with E-state index in [0.29, 0.717) is 29.2 Å². The molecule has 0 unspecified atom stereocenters. The molecule has 0 aliphatic carbocycles. The Balaban J connectivity index is 2.25. The summed E-state index contributed by atoms with van der Waals surface area (Å²) in [6.07, 6.45) is 2.33. The van der Waals surface area contributed by atoms with Crippen molar-refractivity contribution in [3.8, 4) is 11.5 Å². The van der Waals surface area contributed by atoms with Gasteiger partial charge >= 0.3 is 0 Å². The lowest BCUT2D eigenvalue weighted by atomic mass is 10.2. The summed E-state index contributed by atoms with van der Waals surface area (Å²) in [6, 6.07) is 9.64. The molecule has 0 saturated carbocycles. The van der Waals surface area contributed by atoms with Gasteiger partial charge < -0.3 is 9.84 Å². The summed E-state index contributed by atoms with van der Waals surface area (Å²) in [4.78, 5) is 4.23. The fourth-order valence-electron chi connectivity index (χ4n) is 2.06. The topological polar surface area (TPSA) is 102 Å². The Hall–Kier alpha value is -2.38. The molecule has 0 saturated heterocycles. The first-order chi connectivity index (χ1) is 11.3. The first kappa shape index (κ1) is 18.0. The van der Waals surface area contributed by atoms with Crippen LogP contribution in [0.2, 0.25) is 0 Å². The first-order valence-electron chi connectivity index (χ1n) is 7.44. The van der Waals surface area contributed by atoms with Crippen molar-refractivity contribution < 1.29 is 18.3 Å². The average molecular weight is 348 g/mol. The van der Waals surface area contributed by atoms with Gasteiger partial charge in [-0.2, -0.15) is 0 Å². The Morgan fingerprint density at radius 2 is 2.00 bits per heavy atom. The third-order valence-corrected chi connectivity index (χ3v) is 4.36. The molecule has 0 aliphatic heterocycles. The van der Waals surface area contributed by atoms with Crippen LogP contribution in [0.3, 0.4) is 0 Å². The molecule has 0 aliphatic rings. The molecule has 6 nitrogen and oxygen atoms in total. The molecule has 0 fully saturated rings. The van der Waals surface area contributed by atoms with Gasteiger partial charge in [0.2, 0.25) is 10.0 Å². The van der Waals surface area contributed by atoms with E-state index in [1.807, 2.05) is 6.92 Å². The van der Waals surface area contributed by atoms with E-state index in [0.717, 1.165) is 6.42 Å². The van der Waals surface area contributed by atoms with Crippen molar-refractivity contribution in [3.05, 3.63) is 47.5 Å². The number of aryl methyl sites for hydroxylation is 1. The number of nitrogens with zero attached hydrogens (tertiary/aromatic N) is 1. The van der Waals surface area contributed by atoms with Crippen molar-refractivity contribution in [2.75, 3.05) is 6.61 Å². The summed E-state index contributed by atoms with van der Waals surface area (Å²) in [6.45, 7) is 4.24. The van der Waals surface area contributed by atoms with E-state index in [-0.39, 0.29) is 10.6 Å². The van der Waals surface area contributed by atoms with Gasteiger partial charge in [-0.3, -0.25) is 4.99 Å². The summed E-state index contributed by atoms with van der Waals surface area (Å²) in [7, 11) is -3.80. The standard InChI is InChI=1S/C17H20N2O4S/c1-3-8-23-15-7-5-13(16(20)10-15)11-19-14-6-4-12(2)17(9-14)24(18,21)22/h4-7,9-11,20H,3,8H2,1-2H3,(H2,18,21,22). The monoisotopic (exact) mass is 348 g/mol. The number of phenols is 1. The third-order valence-electron chi connectivity index (χ3n) is 3.31. The summed E-state index contributed by atoms with van der Waals surface area (Å²) in [5, 5.41) is 15.2. The second kappa shape index (κ2) is 7.46. The molecule has 2 aromatic carbocycles. The predicted octanol–water partition coefficient (Wildman–Crippen LogP) is 2.89. The zero-order chi connectivity index (χ0) is 17.7. The highest BCUT2D eigenvalue weighted by Crippen LogP contribution is 2.24. The molecule has 0 heterocycles. The molecule has 0 amide bonds.